The molecule has 5 nitrogen and oxygen atoms in total. The average molecular weight is 360 g/mol. The number of benzene rings is 1. The molecule has 0 heterocycles. The smallest absolute Gasteiger partial charge is 0.218 e. The first-order chi connectivity index (χ1) is 12.3. The zero-order chi connectivity index (χ0) is 19.7. The van der Waals surface area contributed by atoms with Crippen molar-refractivity contribution in [3.63, 3.8) is 0 Å². The van der Waals surface area contributed by atoms with Gasteiger partial charge in [0.25, 0.3) is 0 Å². The summed E-state index contributed by atoms with van der Waals surface area (Å²) in [7, 11) is 1.80. The van der Waals surface area contributed by atoms with E-state index in [1.807, 2.05) is 46.8 Å². The van der Waals surface area contributed by atoms with E-state index < -0.39 is 0 Å². The lowest BCUT2D eigenvalue weighted by Gasteiger charge is -2.27. The van der Waals surface area contributed by atoms with E-state index in [9.17, 15) is 4.79 Å². The fourth-order valence-electron chi connectivity index (χ4n) is 2.68. The Morgan fingerprint density at radius 1 is 1.27 bits per heavy atom. The number of nitrogens with one attached hydrogen (secondary N) is 1. The molecule has 0 aliphatic rings. The third-order valence-electron chi connectivity index (χ3n) is 3.81. The maximum atomic E-state index is 11.8. The molecular weight excluding hydrogens is 328 g/mol. The monoisotopic (exact) mass is 360 g/mol. The molecule has 0 aliphatic heterocycles. The minimum atomic E-state index is 0.101. The van der Waals surface area contributed by atoms with E-state index in [-0.39, 0.29) is 12.6 Å². The number of rotatable bonds is 11. The van der Waals surface area contributed by atoms with E-state index >= 15 is 0 Å². The molecule has 0 radical (unpaired) electrons. The van der Waals surface area contributed by atoms with E-state index in [1.54, 1.807) is 7.05 Å². The minimum Gasteiger partial charge on any atom is -0.440 e. The largest absolute Gasteiger partial charge is 0.440 e. The van der Waals surface area contributed by atoms with Crippen molar-refractivity contribution in [3.8, 4) is 5.75 Å². The molecule has 1 aromatic rings. The standard InChI is InChI=1S/C21H32N2O3/c1-8-9-25-14-23(13-24)21(20(15(2)3)18(6)22-7)26-19-11-16(4)10-17(5)12-19/h10-13,15,22H,6,8-9,14H2,1-5,7H3/b21-20+. The molecule has 0 saturated heterocycles. The summed E-state index contributed by atoms with van der Waals surface area (Å²) in [6.45, 7) is 14.9. The number of carbonyl (C=O) groups excluding carboxylic acids is 1. The number of amides is 1. The van der Waals surface area contributed by atoms with E-state index in [0.717, 1.165) is 29.5 Å². The second-order valence-electron chi connectivity index (χ2n) is 6.64. The van der Waals surface area contributed by atoms with Crippen LogP contribution in [0.5, 0.6) is 5.75 Å². The average Bonchev–Trinajstić information content (AvgIpc) is 2.57. The van der Waals surface area contributed by atoms with Gasteiger partial charge in [-0.3, -0.25) is 9.69 Å². The van der Waals surface area contributed by atoms with Gasteiger partial charge in [0.15, 0.2) is 0 Å². The molecule has 0 spiro atoms. The molecule has 144 valence electrons. The molecule has 1 N–H and O–H groups in total. The van der Waals surface area contributed by atoms with Crippen LogP contribution in [0.3, 0.4) is 0 Å². The second-order valence-corrected chi connectivity index (χ2v) is 6.64. The second kappa shape index (κ2) is 10.7. The van der Waals surface area contributed by atoms with E-state index in [1.165, 1.54) is 4.90 Å². The summed E-state index contributed by atoms with van der Waals surface area (Å²) < 4.78 is 11.8. The third kappa shape index (κ3) is 6.23. The highest BCUT2D eigenvalue weighted by Crippen LogP contribution is 2.27. The molecule has 26 heavy (non-hydrogen) atoms. The van der Waals surface area contributed by atoms with Gasteiger partial charge in [0.05, 0.1) is 0 Å². The van der Waals surface area contributed by atoms with Crippen LogP contribution in [0.2, 0.25) is 0 Å². The maximum absolute atomic E-state index is 11.8. The Kier molecular flexibility index (Phi) is 8.93. The van der Waals surface area contributed by atoms with Crippen LogP contribution in [-0.2, 0) is 9.53 Å². The number of aryl methyl sites for hydroxylation is 2. The number of nitrogens with zero attached hydrogens (tertiary/aromatic N) is 1. The van der Waals surface area contributed by atoms with Crippen molar-refractivity contribution >= 4 is 6.41 Å². The van der Waals surface area contributed by atoms with Crippen molar-refractivity contribution in [1.29, 1.82) is 0 Å². The number of ether oxygens (including phenoxy) is 2. The van der Waals surface area contributed by atoms with Gasteiger partial charge in [0, 0.05) is 24.9 Å². The number of likely N-dealkylation sites (N-methyl/N-ethyl adjacent to an activating group) is 1. The minimum absolute atomic E-state index is 0.101. The molecule has 0 aliphatic carbocycles. The van der Waals surface area contributed by atoms with Crippen LogP contribution in [0.25, 0.3) is 0 Å². The number of hydrogen-bond donors (Lipinski definition) is 1. The Labute approximate surface area is 157 Å². The summed E-state index contributed by atoms with van der Waals surface area (Å²) in [5, 5.41) is 3.07. The quantitative estimate of drug-likeness (QED) is 0.212. The summed E-state index contributed by atoms with van der Waals surface area (Å²) in [5.74, 6) is 1.22. The fourth-order valence-corrected chi connectivity index (χ4v) is 2.68. The van der Waals surface area contributed by atoms with Crippen molar-refractivity contribution in [1.82, 2.24) is 10.2 Å². The third-order valence-corrected chi connectivity index (χ3v) is 3.81. The summed E-state index contributed by atoms with van der Waals surface area (Å²) in [6.07, 6.45) is 1.61. The molecule has 1 rings (SSSR count). The Hall–Kier alpha value is -2.27. The topological polar surface area (TPSA) is 50.8 Å². The number of allylic oxidation sites excluding steroid dienone is 1. The zero-order valence-corrected chi connectivity index (χ0v) is 16.9. The SMILES string of the molecule is C=C(NC)/C(=C(/Oc1cc(C)cc(C)c1)N(C=O)COCCC)C(C)C. The lowest BCUT2D eigenvalue weighted by molar-refractivity contribution is -0.123. The van der Waals surface area contributed by atoms with E-state index in [4.69, 9.17) is 9.47 Å². The molecule has 5 heteroatoms. The lowest BCUT2D eigenvalue weighted by atomic mass is 10.0. The molecule has 1 amide bonds. The van der Waals surface area contributed by atoms with Gasteiger partial charge in [-0.2, -0.15) is 0 Å². The molecule has 0 atom stereocenters. The number of hydrogen-bond acceptors (Lipinski definition) is 4. The number of carbonyl (C=O) groups is 1. The van der Waals surface area contributed by atoms with Crippen LogP contribution >= 0.6 is 0 Å². The Morgan fingerprint density at radius 3 is 2.35 bits per heavy atom. The Balaban J connectivity index is 3.38. The summed E-state index contributed by atoms with van der Waals surface area (Å²) in [4.78, 5) is 13.2. The van der Waals surface area contributed by atoms with Gasteiger partial charge in [-0.25, -0.2) is 0 Å². The first kappa shape index (κ1) is 21.8. The highest BCUT2D eigenvalue weighted by atomic mass is 16.5. The van der Waals surface area contributed by atoms with Crippen molar-refractivity contribution in [3.05, 3.63) is 53.1 Å². The first-order valence-corrected chi connectivity index (χ1v) is 9.01. The van der Waals surface area contributed by atoms with Crippen molar-refractivity contribution < 1.29 is 14.3 Å². The normalized spacial score (nSPS) is 11.8. The fraction of sp³-hybridized carbons (Fsp3) is 0.476. The lowest BCUT2D eigenvalue weighted by Crippen LogP contribution is -2.31. The molecule has 0 bridgehead atoms. The highest BCUT2D eigenvalue weighted by Gasteiger charge is 2.22. The van der Waals surface area contributed by atoms with Crippen LogP contribution in [0.4, 0.5) is 0 Å². The van der Waals surface area contributed by atoms with Crippen LogP contribution in [0.1, 0.15) is 38.3 Å². The summed E-state index contributed by atoms with van der Waals surface area (Å²) in [6, 6.07) is 5.97. The van der Waals surface area contributed by atoms with Crippen LogP contribution in [0.15, 0.2) is 41.9 Å². The van der Waals surface area contributed by atoms with Crippen LogP contribution < -0.4 is 10.1 Å². The van der Waals surface area contributed by atoms with Gasteiger partial charge < -0.3 is 14.8 Å². The summed E-state index contributed by atoms with van der Waals surface area (Å²) in [5.41, 5.74) is 3.73. The predicted molar refractivity (Wildman–Crippen MR) is 106 cm³/mol. The van der Waals surface area contributed by atoms with Crippen molar-refractivity contribution in [2.75, 3.05) is 20.4 Å². The van der Waals surface area contributed by atoms with Gasteiger partial charge in [0.2, 0.25) is 12.3 Å². The maximum Gasteiger partial charge on any atom is 0.218 e. The van der Waals surface area contributed by atoms with Gasteiger partial charge in [0.1, 0.15) is 12.5 Å². The van der Waals surface area contributed by atoms with E-state index in [0.29, 0.717) is 23.9 Å². The van der Waals surface area contributed by atoms with Crippen LogP contribution in [-0.4, -0.2) is 31.7 Å². The summed E-state index contributed by atoms with van der Waals surface area (Å²) >= 11 is 0. The van der Waals surface area contributed by atoms with Gasteiger partial charge in [-0.1, -0.05) is 33.4 Å². The Morgan fingerprint density at radius 2 is 1.88 bits per heavy atom. The van der Waals surface area contributed by atoms with Crippen molar-refractivity contribution in [2.24, 2.45) is 5.92 Å². The molecule has 0 aromatic heterocycles. The molecular formula is C21H32N2O3. The van der Waals surface area contributed by atoms with Gasteiger partial charge in [-0.15, -0.1) is 0 Å². The van der Waals surface area contributed by atoms with Crippen LogP contribution in [0, 0.1) is 19.8 Å². The predicted octanol–water partition coefficient (Wildman–Crippen LogP) is 4.13. The van der Waals surface area contributed by atoms with E-state index in [2.05, 4.69) is 18.0 Å². The molecule has 0 saturated carbocycles. The molecule has 0 fully saturated rings. The van der Waals surface area contributed by atoms with Gasteiger partial charge >= 0.3 is 0 Å². The first-order valence-electron chi connectivity index (χ1n) is 9.01. The molecule has 0 unspecified atom stereocenters. The zero-order valence-electron chi connectivity index (χ0n) is 16.9. The highest BCUT2D eigenvalue weighted by molar-refractivity contribution is 5.52. The molecule has 1 aromatic carbocycles. The van der Waals surface area contributed by atoms with Gasteiger partial charge in [-0.05, 0) is 49.4 Å². The van der Waals surface area contributed by atoms with Crippen molar-refractivity contribution in [2.45, 2.75) is 41.0 Å². The Bertz CT molecular complexity index is 630.